The van der Waals surface area contributed by atoms with Crippen molar-refractivity contribution < 1.29 is 9.53 Å². The summed E-state index contributed by atoms with van der Waals surface area (Å²) in [6, 6.07) is 15.8. The Labute approximate surface area is 282 Å². The Bertz CT molecular complexity index is 2230. The van der Waals surface area contributed by atoms with Crippen LogP contribution in [0.1, 0.15) is 42.0 Å². The summed E-state index contributed by atoms with van der Waals surface area (Å²) in [4.78, 5) is 46.7. The topological polar surface area (TPSA) is 132 Å². The molecule has 0 bridgehead atoms. The van der Waals surface area contributed by atoms with Crippen LogP contribution in [0.3, 0.4) is 0 Å². The summed E-state index contributed by atoms with van der Waals surface area (Å²) in [5.41, 5.74) is 6.81. The summed E-state index contributed by atoms with van der Waals surface area (Å²) in [6.45, 7) is 2.69. The van der Waals surface area contributed by atoms with E-state index in [2.05, 4.69) is 27.0 Å². The monoisotopic (exact) mass is 665 g/mol. The minimum atomic E-state index is -0.421. The maximum atomic E-state index is 13.2. The third-order valence-corrected chi connectivity index (χ3v) is 9.99. The van der Waals surface area contributed by atoms with Crippen LogP contribution in [0, 0.1) is 6.92 Å². The van der Waals surface area contributed by atoms with E-state index in [1.165, 1.54) is 17.2 Å². The number of nitrogens with zero attached hydrogens (tertiary/aromatic N) is 4. The third-order valence-electron chi connectivity index (χ3n) is 9.58. The SMILES string of the molecule is COc1nc(-c2cccc(-c3cccc(Nc4nccc5c4c(=O)n(C)c(=O)n5C)c3C)c2Cl)cc2c1C(NCC1CCC(=O)N1)CC2. The van der Waals surface area contributed by atoms with Gasteiger partial charge in [-0.3, -0.25) is 18.7 Å². The van der Waals surface area contributed by atoms with Gasteiger partial charge in [0.1, 0.15) is 11.2 Å². The zero-order chi connectivity index (χ0) is 33.7. The fraction of sp³-hybridized carbons (Fsp3) is 0.306. The van der Waals surface area contributed by atoms with Crippen molar-refractivity contribution in [3.05, 3.63) is 97.3 Å². The number of aromatic nitrogens is 4. The lowest BCUT2D eigenvalue weighted by molar-refractivity contribution is -0.119. The molecular formula is C36H36ClN7O4. The fourth-order valence-corrected chi connectivity index (χ4v) is 7.29. The Hall–Kier alpha value is -5.00. The number of rotatable bonds is 8. The fourth-order valence-electron chi connectivity index (χ4n) is 6.97. The first-order chi connectivity index (χ1) is 23.2. The molecule has 2 aliphatic rings. The van der Waals surface area contributed by atoms with Crippen LogP contribution in [0.15, 0.2) is 64.3 Å². The Morgan fingerprint density at radius 2 is 1.77 bits per heavy atom. The van der Waals surface area contributed by atoms with Crippen LogP contribution in [0.25, 0.3) is 33.3 Å². The molecular weight excluding hydrogens is 630 g/mol. The molecule has 12 heteroatoms. The highest BCUT2D eigenvalue weighted by molar-refractivity contribution is 6.36. The van der Waals surface area contributed by atoms with Gasteiger partial charge in [-0.2, -0.15) is 0 Å². The van der Waals surface area contributed by atoms with Gasteiger partial charge in [-0.25, -0.2) is 14.8 Å². The van der Waals surface area contributed by atoms with E-state index in [1.807, 2.05) is 43.3 Å². The van der Waals surface area contributed by atoms with Crippen molar-refractivity contribution in [3.8, 4) is 28.3 Å². The molecule has 0 radical (unpaired) electrons. The molecule has 246 valence electrons. The number of aryl methyl sites for hydroxylation is 2. The minimum Gasteiger partial charge on any atom is -0.481 e. The molecule has 1 amide bonds. The van der Waals surface area contributed by atoms with E-state index in [4.69, 9.17) is 21.3 Å². The smallest absolute Gasteiger partial charge is 0.330 e. The van der Waals surface area contributed by atoms with Gasteiger partial charge >= 0.3 is 5.69 Å². The second-order valence-corrected chi connectivity index (χ2v) is 12.8. The summed E-state index contributed by atoms with van der Waals surface area (Å²) in [6.07, 6.45) is 4.79. The highest BCUT2D eigenvalue weighted by Crippen LogP contribution is 2.43. The molecule has 1 aliphatic carbocycles. The number of amides is 1. The Morgan fingerprint density at radius 3 is 2.54 bits per heavy atom. The van der Waals surface area contributed by atoms with E-state index >= 15 is 0 Å². The van der Waals surface area contributed by atoms with Crippen LogP contribution in [-0.4, -0.2) is 44.7 Å². The average molecular weight is 666 g/mol. The summed E-state index contributed by atoms with van der Waals surface area (Å²) in [5, 5.41) is 10.9. The van der Waals surface area contributed by atoms with Gasteiger partial charge in [0, 0.05) is 67.7 Å². The lowest BCUT2D eigenvalue weighted by Gasteiger charge is -2.20. The number of anilines is 2. The summed E-state index contributed by atoms with van der Waals surface area (Å²) >= 11 is 7.18. The number of ether oxygens (including phenoxy) is 1. The van der Waals surface area contributed by atoms with Gasteiger partial charge in [-0.1, -0.05) is 41.9 Å². The van der Waals surface area contributed by atoms with Gasteiger partial charge in [0.2, 0.25) is 11.8 Å². The molecule has 5 aromatic rings. The molecule has 11 nitrogen and oxygen atoms in total. The molecule has 2 atom stereocenters. The quantitative estimate of drug-likeness (QED) is 0.213. The Kier molecular flexibility index (Phi) is 8.26. The summed E-state index contributed by atoms with van der Waals surface area (Å²) in [5.74, 6) is 1.04. The molecule has 2 aromatic carbocycles. The van der Waals surface area contributed by atoms with Crippen LogP contribution < -0.4 is 31.9 Å². The molecule has 3 aromatic heterocycles. The number of hydrogen-bond acceptors (Lipinski definition) is 8. The highest BCUT2D eigenvalue weighted by Gasteiger charge is 2.30. The predicted molar refractivity (Wildman–Crippen MR) is 187 cm³/mol. The number of methoxy groups -OCH3 is 1. The second kappa shape index (κ2) is 12.6. The summed E-state index contributed by atoms with van der Waals surface area (Å²) < 4.78 is 8.35. The van der Waals surface area contributed by atoms with Crippen molar-refractivity contribution in [1.82, 2.24) is 29.7 Å². The van der Waals surface area contributed by atoms with Crippen LogP contribution in [0.5, 0.6) is 5.88 Å². The number of hydrogen-bond donors (Lipinski definition) is 3. The molecule has 7 rings (SSSR count). The van der Waals surface area contributed by atoms with Crippen molar-refractivity contribution in [2.75, 3.05) is 19.0 Å². The number of halogens is 1. The van der Waals surface area contributed by atoms with Gasteiger partial charge in [0.05, 0.1) is 23.3 Å². The van der Waals surface area contributed by atoms with E-state index in [9.17, 15) is 14.4 Å². The Morgan fingerprint density at radius 1 is 1.00 bits per heavy atom. The lowest BCUT2D eigenvalue weighted by atomic mass is 9.96. The second-order valence-electron chi connectivity index (χ2n) is 12.4. The molecule has 1 aliphatic heterocycles. The molecule has 1 saturated heterocycles. The Balaban J connectivity index is 1.22. The molecule has 4 heterocycles. The van der Waals surface area contributed by atoms with Crippen molar-refractivity contribution in [2.24, 2.45) is 14.1 Å². The maximum Gasteiger partial charge on any atom is 0.330 e. The number of benzene rings is 2. The van der Waals surface area contributed by atoms with E-state index in [-0.39, 0.29) is 18.0 Å². The molecule has 0 spiro atoms. The molecule has 0 saturated carbocycles. The standard InChI is InChI=1S/C36H36ClN7O4/c1-19-22(7-6-10-25(19)41-33-31-28(15-16-38-33)43(2)36(47)44(3)35(31)46)23-8-5-9-24(32(23)37)27-17-20-11-13-26(30(20)34(42-27)48-4)39-18-21-12-14-29(45)40-21/h5-10,15-17,21,26,39H,11-14,18H2,1-4H3,(H,38,41)(H,40,45). The number of pyridine rings is 2. The first-order valence-corrected chi connectivity index (χ1v) is 16.3. The van der Waals surface area contributed by atoms with Gasteiger partial charge in [0.25, 0.3) is 5.56 Å². The van der Waals surface area contributed by atoms with E-state index in [0.29, 0.717) is 40.6 Å². The van der Waals surface area contributed by atoms with Gasteiger partial charge < -0.3 is 20.7 Å². The van der Waals surface area contributed by atoms with E-state index in [1.54, 1.807) is 26.4 Å². The van der Waals surface area contributed by atoms with E-state index < -0.39 is 11.2 Å². The molecule has 2 unspecified atom stereocenters. The summed E-state index contributed by atoms with van der Waals surface area (Å²) in [7, 11) is 4.73. The molecule has 3 N–H and O–H groups in total. The average Bonchev–Trinajstić information content (AvgIpc) is 3.71. The molecule has 48 heavy (non-hydrogen) atoms. The molecule has 1 fully saturated rings. The third kappa shape index (κ3) is 5.42. The number of carbonyl (C=O) groups excluding carboxylic acids is 1. The van der Waals surface area contributed by atoms with Gasteiger partial charge in [-0.15, -0.1) is 0 Å². The van der Waals surface area contributed by atoms with Crippen LogP contribution in [0.2, 0.25) is 5.02 Å². The van der Waals surface area contributed by atoms with Crippen LogP contribution in [-0.2, 0) is 25.3 Å². The first kappa shape index (κ1) is 31.6. The van der Waals surface area contributed by atoms with Crippen molar-refractivity contribution in [2.45, 2.75) is 44.7 Å². The van der Waals surface area contributed by atoms with Crippen LogP contribution >= 0.6 is 11.6 Å². The maximum absolute atomic E-state index is 13.2. The minimum absolute atomic E-state index is 0.0926. The van der Waals surface area contributed by atoms with Crippen molar-refractivity contribution >= 4 is 39.9 Å². The number of carbonyl (C=O) groups is 1. The van der Waals surface area contributed by atoms with Gasteiger partial charge in [0.15, 0.2) is 0 Å². The van der Waals surface area contributed by atoms with Crippen LogP contribution in [0.4, 0.5) is 11.5 Å². The predicted octanol–water partition coefficient (Wildman–Crippen LogP) is 4.93. The lowest BCUT2D eigenvalue weighted by Crippen LogP contribution is -2.37. The van der Waals surface area contributed by atoms with Crippen molar-refractivity contribution in [1.29, 1.82) is 0 Å². The van der Waals surface area contributed by atoms with E-state index in [0.717, 1.165) is 63.0 Å². The zero-order valence-electron chi connectivity index (χ0n) is 27.2. The van der Waals surface area contributed by atoms with Crippen molar-refractivity contribution in [3.63, 3.8) is 0 Å². The normalized spacial score (nSPS) is 17.1. The highest BCUT2D eigenvalue weighted by atomic mass is 35.5. The largest absolute Gasteiger partial charge is 0.481 e. The number of fused-ring (bicyclic) bond motifs is 2. The first-order valence-electron chi connectivity index (χ1n) is 16.0. The number of nitrogens with one attached hydrogen (secondary N) is 3. The zero-order valence-corrected chi connectivity index (χ0v) is 27.9. The van der Waals surface area contributed by atoms with Gasteiger partial charge in [-0.05, 0) is 61.1 Å².